The maximum atomic E-state index is 8.91. The minimum Gasteiger partial charge on any atom is -0.393 e. The van der Waals surface area contributed by atoms with Crippen LogP contribution in [0.3, 0.4) is 0 Å². The molecule has 1 aliphatic rings. The number of nitrogens with one attached hydrogen (secondary N) is 1. The molecule has 0 heterocycles. The largest absolute Gasteiger partial charge is 0.393 e. The van der Waals surface area contributed by atoms with Gasteiger partial charge in [0.25, 0.3) is 0 Å². The monoisotopic (exact) mass is 297 g/mol. The number of hydrogen-bond donors (Lipinski definition) is 2. The summed E-state index contributed by atoms with van der Waals surface area (Å²) >= 11 is 0. The molecule has 118 valence electrons. The smallest absolute Gasteiger partial charge is 0.0540 e. The van der Waals surface area contributed by atoms with E-state index in [1.807, 2.05) is 12.1 Å². The SMILES string of the molecule is OC1CCCCC1.c1ccc(CNCc2ccccc2)cc1. The second-order valence-electron chi connectivity index (χ2n) is 5.87. The van der Waals surface area contributed by atoms with Gasteiger partial charge in [0.05, 0.1) is 6.10 Å². The minimum absolute atomic E-state index is 0.0359. The Hall–Kier alpha value is -1.64. The van der Waals surface area contributed by atoms with Crippen LogP contribution in [0.4, 0.5) is 0 Å². The number of aliphatic hydroxyl groups excluding tert-OH is 1. The Labute approximate surface area is 134 Å². The Morgan fingerprint density at radius 1 is 0.727 bits per heavy atom. The summed E-state index contributed by atoms with van der Waals surface area (Å²) in [5.74, 6) is 0. The van der Waals surface area contributed by atoms with Crippen LogP contribution in [0.2, 0.25) is 0 Å². The van der Waals surface area contributed by atoms with Gasteiger partial charge < -0.3 is 10.4 Å². The Balaban J connectivity index is 0.000000211. The van der Waals surface area contributed by atoms with Crippen molar-refractivity contribution in [3.8, 4) is 0 Å². The van der Waals surface area contributed by atoms with Crippen LogP contribution in [0.1, 0.15) is 43.2 Å². The number of benzene rings is 2. The first-order chi connectivity index (χ1) is 10.8. The van der Waals surface area contributed by atoms with E-state index in [1.165, 1.54) is 30.4 Å². The Morgan fingerprint density at radius 3 is 1.55 bits per heavy atom. The predicted octanol–water partition coefficient (Wildman–Crippen LogP) is 4.29. The van der Waals surface area contributed by atoms with Crippen molar-refractivity contribution in [2.75, 3.05) is 0 Å². The van der Waals surface area contributed by atoms with Crippen LogP contribution in [0, 0.1) is 0 Å². The Kier molecular flexibility index (Phi) is 7.71. The molecule has 2 nitrogen and oxygen atoms in total. The molecule has 0 aromatic heterocycles. The fourth-order valence-electron chi connectivity index (χ4n) is 2.62. The molecule has 1 fully saturated rings. The topological polar surface area (TPSA) is 32.3 Å². The highest BCUT2D eigenvalue weighted by Gasteiger charge is 2.07. The van der Waals surface area contributed by atoms with Gasteiger partial charge in [-0.2, -0.15) is 0 Å². The molecule has 0 bridgehead atoms. The van der Waals surface area contributed by atoms with Gasteiger partial charge in [0.2, 0.25) is 0 Å². The molecule has 0 unspecified atom stereocenters. The van der Waals surface area contributed by atoms with E-state index in [9.17, 15) is 0 Å². The van der Waals surface area contributed by atoms with Crippen LogP contribution in [0.25, 0.3) is 0 Å². The molecule has 2 heteroatoms. The number of rotatable bonds is 4. The molecular weight excluding hydrogens is 270 g/mol. The van der Waals surface area contributed by atoms with Gasteiger partial charge in [0.1, 0.15) is 0 Å². The van der Waals surface area contributed by atoms with Gasteiger partial charge in [-0.3, -0.25) is 0 Å². The van der Waals surface area contributed by atoms with E-state index in [0.717, 1.165) is 25.9 Å². The zero-order chi connectivity index (χ0) is 15.5. The fraction of sp³-hybridized carbons (Fsp3) is 0.400. The van der Waals surface area contributed by atoms with Crippen molar-refractivity contribution < 1.29 is 5.11 Å². The van der Waals surface area contributed by atoms with Crippen molar-refractivity contribution in [1.29, 1.82) is 0 Å². The zero-order valence-corrected chi connectivity index (χ0v) is 13.2. The van der Waals surface area contributed by atoms with Gasteiger partial charge in [-0.05, 0) is 24.0 Å². The first-order valence-corrected chi connectivity index (χ1v) is 8.31. The van der Waals surface area contributed by atoms with Crippen molar-refractivity contribution in [1.82, 2.24) is 5.32 Å². The normalized spacial score (nSPS) is 15.0. The van der Waals surface area contributed by atoms with Crippen molar-refractivity contribution in [2.45, 2.75) is 51.3 Å². The highest BCUT2D eigenvalue weighted by Crippen LogP contribution is 2.16. The first kappa shape index (κ1) is 16.7. The van der Waals surface area contributed by atoms with Crippen molar-refractivity contribution in [2.24, 2.45) is 0 Å². The van der Waals surface area contributed by atoms with Gasteiger partial charge in [0, 0.05) is 13.1 Å². The highest BCUT2D eigenvalue weighted by atomic mass is 16.3. The Morgan fingerprint density at radius 2 is 1.18 bits per heavy atom. The summed E-state index contributed by atoms with van der Waals surface area (Å²) < 4.78 is 0. The molecule has 0 amide bonds. The lowest BCUT2D eigenvalue weighted by Crippen LogP contribution is -2.12. The van der Waals surface area contributed by atoms with Gasteiger partial charge in [0.15, 0.2) is 0 Å². The van der Waals surface area contributed by atoms with E-state index >= 15 is 0 Å². The van der Waals surface area contributed by atoms with Crippen LogP contribution < -0.4 is 5.32 Å². The summed E-state index contributed by atoms with van der Waals surface area (Å²) in [5, 5.41) is 12.3. The van der Waals surface area contributed by atoms with Crippen LogP contribution in [-0.4, -0.2) is 11.2 Å². The molecule has 2 N–H and O–H groups in total. The molecule has 1 saturated carbocycles. The third-order valence-electron chi connectivity index (χ3n) is 3.92. The van der Waals surface area contributed by atoms with E-state index in [4.69, 9.17) is 5.11 Å². The maximum absolute atomic E-state index is 8.91. The van der Waals surface area contributed by atoms with Crippen LogP contribution in [0.15, 0.2) is 60.7 Å². The first-order valence-electron chi connectivity index (χ1n) is 8.31. The molecule has 0 spiro atoms. The van der Waals surface area contributed by atoms with E-state index in [1.54, 1.807) is 0 Å². The molecule has 2 aromatic carbocycles. The highest BCUT2D eigenvalue weighted by molar-refractivity contribution is 5.16. The Bertz CT molecular complexity index is 452. The predicted molar refractivity (Wildman–Crippen MR) is 92.5 cm³/mol. The quantitative estimate of drug-likeness (QED) is 0.882. The fourth-order valence-corrected chi connectivity index (χ4v) is 2.62. The molecule has 0 atom stereocenters. The number of hydrogen-bond acceptors (Lipinski definition) is 2. The average Bonchev–Trinajstić information content (AvgIpc) is 2.58. The summed E-state index contributed by atoms with van der Waals surface area (Å²) in [6, 6.07) is 20.9. The van der Waals surface area contributed by atoms with Gasteiger partial charge in [-0.15, -0.1) is 0 Å². The van der Waals surface area contributed by atoms with E-state index in [-0.39, 0.29) is 6.10 Å². The lowest BCUT2D eigenvalue weighted by Gasteiger charge is -2.14. The summed E-state index contributed by atoms with van der Waals surface area (Å²) in [4.78, 5) is 0. The molecule has 0 saturated heterocycles. The number of aliphatic hydroxyl groups is 1. The van der Waals surface area contributed by atoms with E-state index < -0.39 is 0 Å². The van der Waals surface area contributed by atoms with Crippen LogP contribution in [0.5, 0.6) is 0 Å². The maximum Gasteiger partial charge on any atom is 0.0540 e. The summed E-state index contributed by atoms with van der Waals surface area (Å²) in [6.45, 7) is 1.85. The summed E-state index contributed by atoms with van der Waals surface area (Å²) in [6.07, 6.45) is 5.92. The van der Waals surface area contributed by atoms with Gasteiger partial charge >= 0.3 is 0 Å². The van der Waals surface area contributed by atoms with Crippen LogP contribution in [-0.2, 0) is 13.1 Å². The second kappa shape index (κ2) is 10.1. The third-order valence-corrected chi connectivity index (χ3v) is 3.92. The van der Waals surface area contributed by atoms with Crippen molar-refractivity contribution >= 4 is 0 Å². The molecule has 2 aromatic rings. The van der Waals surface area contributed by atoms with E-state index in [2.05, 4.69) is 53.8 Å². The van der Waals surface area contributed by atoms with Gasteiger partial charge in [-0.1, -0.05) is 79.9 Å². The lowest BCUT2D eigenvalue weighted by molar-refractivity contribution is 0.130. The van der Waals surface area contributed by atoms with E-state index in [0.29, 0.717) is 0 Å². The average molecular weight is 297 g/mol. The summed E-state index contributed by atoms with van der Waals surface area (Å²) in [7, 11) is 0. The van der Waals surface area contributed by atoms with Crippen LogP contribution >= 0.6 is 0 Å². The molecule has 0 radical (unpaired) electrons. The molecule has 1 aliphatic carbocycles. The zero-order valence-electron chi connectivity index (χ0n) is 13.2. The minimum atomic E-state index is 0.0359. The molecule has 0 aliphatic heterocycles. The lowest BCUT2D eigenvalue weighted by atomic mass is 9.98. The summed E-state index contributed by atoms with van der Waals surface area (Å²) in [5.41, 5.74) is 2.65. The second-order valence-corrected chi connectivity index (χ2v) is 5.87. The third kappa shape index (κ3) is 6.88. The standard InChI is InChI=1S/C14H15N.C6H12O/c1-3-7-13(8-4-1)11-15-12-14-9-5-2-6-10-14;7-6-4-2-1-3-5-6/h1-10,15H,11-12H2;6-7H,1-5H2. The molecular formula is C20H27NO. The molecule has 22 heavy (non-hydrogen) atoms. The van der Waals surface area contributed by atoms with Gasteiger partial charge in [-0.25, -0.2) is 0 Å². The van der Waals surface area contributed by atoms with Crippen molar-refractivity contribution in [3.05, 3.63) is 71.8 Å². The molecule has 3 rings (SSSR count). The van der Waals surface area contributed by atoms with Crippen molar-refractivity contribution in [3.63, 3.8) is 0 Å².